The highest BCUT2D eigenvalue weighted by atomic mass is 35.5. The van der Waals surface area contributed by atoms with Gasteiger partial charge in [0.2, 0.25) is 0 Å². The summed E-state index contributed by atoms with van der Waals surface area (Å²) in [5.41, 5.74) is 1.20. The predicted molar refractivity (Wildman–Crippen MR) is 82.5 cm³/mol. The zero-order valence-electron chi connectivity index (χ0n) is 11.2. The van der Waals surface area contributed by atoms with Gasteiger partial charge in [0, 0.05) is 4.88 Å². The van der Waals surface area contributed by atoms with Crippen LogP contribution < -0.4 is 10.1 Å². The van der Waals surface area contributed by atoms with E-state index in [1.807, 2.05) is 30.5 Å². The van der Waals surface area contributed by atoms with Gasteiger partial charge in [0.25, 0.3) is 0 Å². The van der Waals surface area contributed by atoms with Gasteiger partial charge in [0.05, 0.1) is 17.7 Å². The topological polar surface area (TPSA) is 21.3 Å². The molecular weight excluding hydrogens is 278 g/mol. The van der Waals surface area contributed by atoms with Gasteiger partial charge < -0.3 is 10.1 Å². The largest absolute Gasteiger partial charge is 0.494 e. The average Bonchev–Trinajstić information content (AvgIpc) is 2.84. The molecule has 0 aliphatic rings. The lowest BCUT2D eigenvalue weighted by Gasteiger charge is -2.18. The molecule has 2 nitrogen and oxygen atoms in total. The SMILES string of the molecule is CCNC(c1ccc(OCC)cc1)c1sccc1Cl. The second-order valence-corrected chi connectivity index (χ2v) is 5.48. The molecule has 4 heteroatoms. The Morgan fingerprint density at radius 3 is 2.47 bits per heavy atom. The van der Waals surface area contributed by atoms with Crippen LogP contribution in [0.2, 0.25) is 5.02 Å². The summed E-state index contributed by atoms with van der Waals surface area (Å²) in [5.74, 6) is 0.902. The quantitative estimate of drug-likeness (QED) is 0.847. The minimum Gasteiger partial charge on any atom is -0.494 e. The van der Waals surface area contributed by atoms with Gasteiger partial charge in [-0.05, 0) is 42.6 Å². The Bertz CT molecular complexity index is 509. The van der Waals surface area contributed by atoms with E-state index in [0.717, 1.165) is 22.2 Å². The number of hydrogen-bond donors (Lipinski definition) is 1. The molecule has 1 atom stereocenters. The molecule has 2 aromatic rings. The van der Waals surface area contributed by atoms with Crippen molar-refractivity contribution in [2.75, 3.05) is 13.2 Å². The lowest BCUT2D eigenvalue weighted by atomic mass is 10.1. The maximum absolute atomic E-state index is 6.25. The van der Waals surface area contributed by atoms with Crippen LogP contribution in [-0.2, 0) is 0 Å². The molecular formula is C15H18ClNOS. The fourth-order valence-electron chi connectivity index (χ4n) is 2.00. The molecule has 0 aliphatic heterocycles. The molecule has 2 rings (SSSR count). The summed E-state index contributed by atoms with van der Waals surface area (Å²) in [5, 5.41) is 6.33. The molecule has 0 radical (unpaired) electrons. The summed E-state index contributed by atoms with van der Waals surface area (Å²) in [6.07, 6.45) is 0. The molecule has 0 saturated carbocycles. The fourth-order valence-corrected chi connectivity index (χ4v) is 3.27. The fraction of sp³-hybridized carbons (Fsp3) is 0.333. The maximum atomic E-state index is 6.25. The maximum Gasteiger partial charge on any atom is 0.119 e. The van der Waals surface area contributed by atoms with Crippen LogP contribution in [0.5, 0.6) is 5.75 Å². The third kappa shape index (κ3) is 3.50. The lowest BCUT2D eigenvalue weighted by Crippen LogP contribution is -2.21. The van der Waals surface area contributed by atoms with Crippen molar-refractivity contribution in [3.05, 3.63) is 51.2 Å². The van der Waals surface area contributed by atoms with Crippen LogP contribution in [0.4, 0.5) is 0 Å². The van der Waals surface area contributed by atoms with E-state index in [1.54, 1.807) is 11.3 Å². The molecule has 1 N–H and O–H groups in total. The Kier molecular flexibility index (Phi) is 5.25. The standard InChI is InChI=1S/C15H18ClNOS/c1-3-17-14(15-13(16)9-10-19-15)11-5-7-12(8-6-11)18-4-2/h5-10,14,17H,3-4H2,1-2H3. The second-order valence-electron chi connectivity index (χ2n) is 4.13. The smallest absolute Gasteiger partial charge is 0.119 e. The minimum absolute atomic E-state index is 0.146. The Labute approximate surface area is 123 Å². The Morgan fingerprint density at radius 1 is 1.21 bits per heavy atom. The van der Waals surface area contributed by atoms with E-state index < -0.39 is 0 Å². The molecule has 1 heterocycles. The number of hydrogen-bond acceptors (Lipinski definition) is 3. The van der Waals surface area contributed by atoms with E-state index in [9.17, 15) is 0 Å². The lowest BCUT2D eigenvalue weighted by molar-refractivity contribution is 0.340. The molecule has 1 aromatic carbocycles. The molecule has 1 aromatic heterocycles. The zero-order chi connectivity index (χ0) is 13.7. The number of thiophene rings is 1. The van der Waals surface area contributed by atoms with Gasteiger partial charge in [-0.25, -0.2) is 0 Å². The van der Waals surface area contributed by atoms with Gasteiger partial charge >= 0.3 is 0 Å². The number of halogens is 1. The van der Waals surface area contributed by atoms with E-state index in [2.05, 4.69) is 24.4 Å². The van der Waals surface area contributed by atoms with Crippen molar-refractivity contribution in [3.8, 4) is 5.75 Å². The number of benzene rings is 1. The van der Waals surface area contributed by atoms with Crippen molar-refractivity contribution in [2.24, 2.45) is 0 Å². The predicted octanol–water partition coefficient (Wildman–Crippen LogP) is 4.50. The van der Waals surface area contributed by atoms with Gasteiger partial charge in [-0.2, -0.15) is 0 Å². The van der Waals surface area contributed by atoms with Crippen molar-refractivity contribution >= 4 is 22.9 Å². The highest BCUT2D eigenvalue weighted by molar-refractivity contribution is 7.10. The van der Waals surface area contributed by atoms with E-state index in [0.29, 0.717) is 6.61 Å². The molecule has 102 valence electrons. The first-order valence-corrected chi connectivity index (χ1v) is 7.71. The van der Waals surface area contributed by atoms with Gasteiger partial charge in [-0.15, -0.1) is 11.3 Å². The molecule has 1 unspecified atom stereocenters. The van der Waals surface area contributed by atoms with Crippen LogP contribution in [0.25, 0.3) is 0 Å². The van der Waals surface area contributed by atoms with Gasteiger partial charge in [-0.3, -0.25) is 0 Å². The first-order chi connectivity index (χ1) is 9.26. The summed E-state index contributed by atoms with van der Waals surface area (Å²) in [7, 11) is 0. The van der Waals surface area contributed by atoms with E-state index in [1.165, 1.54) is 5.56 Å². The van der Waals surface area contributed by atoms with Gasteiger partial charge in [0.1, 0.15) is 5.75 Å². The Morgan fingerprint density at radius 2 is 1.95 bits per heavy atom. The Balaban J connectivity index is 2.26. The summed E-state index contributed by atoms with van der Waals surface area (Å²) in [6, 6.07) is 10.3. The van der Waals surface area contributed by atoms with Gasteiger partial charge in [0.15, 0.2) is 0 Å². The zero-order valence-corrected chi connectivity index (χ0v) is 12.7. The van der Waals surface area contributed by atoms with Crippen LogP contribution >= 0.6 is 22.9 Å². The number of rotatable bonds is 6. The van der Waals surface area contributed by atoms with Crippen LogP contribution in [0.1, 0.15) is 30.3 Å². The summed E-state index contributed by atoms with van der Waals surface area (Å²) >= 11 is 7.93. The van der Waals surface area contributed by atoms with E-state index in [-0.39, 0.29) is 6.04 Å². The molecule has 19 heavy (non-hydrogen) atoms. The summed E-state index contributed by atoms with van der Waals surface area (Å²) < 4.78 is 5.47. The van der Waals surface area contributed by atoms with Crippen LogP contribution in [0.15, 0.2) is 35.7 Å². The van der Waals surface area contributed by atoms with Crippen molar-refractivity contribution in [2.45, 2.75) is 19.9 Å². The molecule has 0 fully saturated rings. The summed E-state index contributed by atoms with van der Waals surface area (Å²) in [4.78, 5) is 1.16. The van der Waals surface area contributed by atoms with Crippen molar-refractivity contribution in [1.82, 2.24) is 5.32 Å². The van der Waals surface area contributed by atoms with Crippen LogP contribution in [0.3, 0.4) is 0 Å². The first kappa shape index (κ1) is 14.4. The third-order valence-corrected chi connectivity index (χ3v) is 4.26. The van der Waals surface area contributed by atoms with Gasteiger partial charge in [-0.1, -0.05) is 30.7 Å². The van der Waals surface area contributed by atoms with Crippen molar-refractivity contribution in [1.29, 1.82) is 0 Å². The number of ether oxygens (including phenoxy) is 1. The third-order valence-electron chi connectivity index (χ3n) is 2.84. The Hall–Kier alpha value is -1.03. The average molecular weight is 296 g/mol. The highest BCUT2D eigenvalue weighted by Crippen LogP contribution is 2.33. The monoisotopic (exact) mass is 295 g/mol. The minimum atomic E-state index is 0.146. The first-order valence-electron chi connectivity index (χ1n) is 6.45. The van der Waals surface area contributed by atoms with E-state index in [4.69, 9.17) is 16.3 Å². The van der Waals surface area contributed by atoms with Crippen LogP contribution in [-0.4, -0.2) is 13.2 Å². The van der Waals surface area contributed by atoms with Crippen molar-refractivity contribution in [3.63, 3.8) is 0 Å². The van der Waals surface area contributed by atoms with Crippen molar-refractivity contribution < 1.29 is 4.74 Å². The second kappa shape index (κ2) is 6.94. The highest BCUT2D eigenvalue weighted by Gasteiger charge is 2.17. The molecule has 0 spiro atoms. The molecule has 0 saturated heterocycles. The summed E-state index contributed by atoms with van der Waals surface area (Å²) in [6.45, 7) is 5.67. The van der Waals surface area contributed by atoms with E-state index >= 15 is 0 Å². The molecule has 0 amide bonds. The molecule has 0 aliphatic carbocycles. The van der Waals surface area contributed by atoms with Crippen LogP contribution in [0, 0.1) is 0 Å². The molecule has 0 bridgehead atoms. The normalized spacial score (nSPS) is 12.4. The number of nitrogens with one attached hydrogen (secondary N) is 1.